The molecule has 0 aliphatic heterocycles. The van der Waals surface area contributed by atoms with E-state index in [-0.39, 0.29) is 32.0 Å². The lowest BCUT2D eigenvalue weighted by molar-refractivity contribution is -0.870. The molecule has 0 aliphatic carbocycles. The van der Waals surface area contributed by atoms with Gasteiger partial charge in [0.05, 0.1) is 27.7 Å². The van der Waals surface area contributed by atoms with E-state index in [2.05, 4.69) is 50.3 Å². The van der Waals surface area contributed by atoms with Gasteiger partial charge in [-0.3, -0.25) is 14.2 Å². The summed E-state index contributed by atoms with van der Waals surface area (Å²) in [6, 6.07) is 0. The summed E-state index contributed by atoms with van der Waals surface area (Å²) in [4.78, 5) is 37.7. The standard InChI is InChI=1S/C54H102NO8P/c1-6-8-10-12-14-16-18-20-22-23-24-25-26-27-28-29-30-31-33-35-37-39-41-43-45-47-54(57)63-52(51-62-64(58,59)61-49-48-55(3,4)5)50-60-53(56)46-44-42-40-38-36-34-32-21-19-17-15-13-11-9-7-2/h18,20-21,23-24,32,52H,6-17,19,22,25-31,33-51H2,1-5H3/b20-18-,24-23-,32-21-. The largest absolute Gasteiger partial charge is 0.756 e. The number of carbonyl (C=O) groups excluding carboxylic acids is 2. The van der Waals surface area contributed by atoms with E-state index in [0.717, 1.165) is 64.2 Å². The van der Waals surface area contributed by atoms with Crippen LogP contribution in [0.4, 0.5) is 0 Å². The number of ether oxygens (including phenoxy) is 2. The van der Waals surface area contributed by atoms with Crippen LogP contribution in [0.15, 0.2) is 36.5 Å². The number of quaternary nitrogens is 1. The zero-order valence-corrected chi connectivity index (χ0v) is 43.4. The highest BCUT2D eigenvalue weighted by Crippen LogP contribution is 2.38. The quantitative estimate of drug-likeness (QED) is 0.0195. The average molecular weight is 924 g/mol. The molecule has 0 saturated heterocycles. The molecule has 0 heterocycles. The Morgan fingerprint density at radius 3 is 1.25 bits per heavy atom. The normalized spacial score (nSPS) is 13.7. The lowest BCUT2D eigenvalue weighted by Crippen LogP contribution is -2.37. The number of hydrogen-bond acceptors (Lipinski definition) is 8. The number of phosphoric ester groups is 1. The van der Waals surface area contributed by atoms with Gasteiger partial charge in [-0.25, -0.2) is 0 Å². The third-order valence-electron chi connectivity index (χ3n) is 11.6. The molecular weight excluding hydrogens is 822 g/mol. The highest BCUT2D eigenvalue weighted by Gasteiger charge is 2.21. The molecule has 0 aliphatic rings. The summed E-state index contributed by atoms with van der Waals surface area (Å²) in [6.45, 7) is 4.23. The van der Waals surface area contributed by atoms with Crippen LogP contribution < -0.4 is 4.89 Å². The second-order valence-electron chi connectivity index (χ2n) is 19.2. The second-order valence-corrected chi connectivity index (χ2v) is 20.6. The minimum atomic E-state index is -4.63. The highest BCUT2D eigenvalue weighted by atomic mass is 31.2. The molecule has 0 aromatic carbocycles. The maximum Gasteiger partial charge on any atom is 0.306 e. The minimum Gasteiger partial charge on any atom is -0.756 e. The number of unbranched alkanes of at least 4 members (excludes halogenated alkanes) is 29. The van der Waals surface area contributed by atoms with E-state index < -0.39 is 26.5 Å². The van der Waals surface area contributed by atoms with Crippen molar-refractivity contribution in [2.75, 3.05) is 47.5 Å². The number of phosphoric acid groups is 1. The molecule has 10 heteroatoms. The van der Waals surface area contributed by atoms with E-state index in [4.69, 9.17) is 18.5 Å². The van der Waals surface area contributed by atoms with Crippen molar-refractivity contribution in [3.8, 4) is 0 Å². The number of allylic oxidation sites excluding steroid dienone is 6. The first-order valence-electron chi connectivity index (χ1n) is 26.7. The lowest BCUT2D eigenvalue weighted by Gasteiger charge is -2.28. The van der Waals surface area contributed by atoms with E-state index in [0.29, 0.717) is 17.4 Å². The predicted molar refractivity (Wildman–Crippen MR) is 268 cm³/mol. The van der Waals surface area contributed by atoms with Gasteiger partial charge < -0.3 is 27.9 Å². The molecular formula is C54H102NO8P. The highest BCUT2D eigenvalue weighted by molar-refractivity contribution is 7.45. The summed E-state index contributed by atoms with van der Waals surface area (Å²) in [5.74, 6) is -0.837. The SMILES string of the molecule is CCCCCCC/C=C\C/C=C\CCCCCCCCCCCCCCCC(=O)OC(COC(=O)CCCCCCC/C=C\CCCCCCCC)COP(=O)([O-])OCC[N+](C)(C)C. The Balaban J connectivity index is 4.18. The summed E-state index contributed by atoms with van der Waals surface area (Å²) in [5, 5.41) is 0. The first-order chi connectivity index (χ1) is 31.0. The van der Waals surface area contributed by atoms with Crippen LogP contribution in [0, 0.1) is 0 Å². The smallest absolute Gasteiger partial charge is 0.306 e. The molecule has 0 fully saturated rings. The van der Waals surface area contributed by atoms with Gasteiger partial charge in [-0.1, -0.05) is 198 Å². The van der Waals surface area contributed by atoms with Gasteiger partial charge in [0.1, 0.15) is 19.8 Å². The van der Waals surface area contributed by atoms with Gasteiger partial charge in [0.2, 0.25) is 0 Å². The molecule has 0 radical (unpaired) electrons. The molecule has 0 aromatic heterocycles. The van der Waals surface area contributed by atoms with Crippen LogP contribution in [0.3, 0.4) is 0 Å². The van der Waals surface area contributed by atoms with Crippen molar-refractivity contribution in [2.45, 2.75) is 251 Å². The van der Waals surface area contributed by atoms with Crippen molar-refractivity contribution in [1.82, 2.24) is 0 Å². The fourth-order valence-corrected chi connectivity index (χ4v) is 8.17. The monoisotopic (exact) mass is 924 g/mol. The maximum absolute atomic E-state index is 12.8. The molecule has 64 heavy (non-hydrogen) atoms. The molecule has 9 nitrogen and oxygen atoms in total. The maximum atomic E-state index is 12.8. The molecule has 0 saturated carbocycles. The van der Waals surface area contributed by atoms with Crippen LogP contribution in [0.2, 0.25) is 0 Å². The molecule has 2 unspecified atom stereocenters. The molecule has 0 N–H and O–H groups in total. The van der Waals surface area contributed by atoms with E-state index in [1.165, 1.54) is 148 Å². The van der Waals surface area contributed by atoms with Crippen molar-refractivity contribution in [3.05, 3.63) is 36.5 Å². The van der Waals surface area contributed by atoms with Gasteiger partial charge in [0.25, 0.3) is 7.82 Å². The van der Waals surface area contributed by atoms with Crippen molar-refractivity contribution >= 4 is 19.8 Å². The zero-order chi connectivity index (χ0) is 47.1. The molecule has 0 spiro atoms. The Kier molecular flexibility index (Phi) is 45.1. The Morgan fingerprint density at radius 2 is 0.844 bits per heavy atom. The minimum absolute atomic E-state index is 0.0315. The van der Waals surface area contributed by atoms with E-state index in [9.17, 15) is 19.0 Å². The fourth-order valence-electron chi connectivity index (χ4n) is 7.45. The second kappa shape index (κ2) is 46.3. The number of carbonyl (C=O) groups is 2. The Morgan fingerprint density at radius 1 is 0.484 bits per heavy atom. The first-order valence-corrected chi connectivity index (χ1v) is 28.2. The molecule has 0 bridgehead atoms. The third-order valence-corrected chi connectivity index (χ3v) is 12.6. The van der Waals surface area contributed by atoms with Gasteiger partial charge in [0.15, 0.2) is 6.10 Å². The Hall–Kier alpha value is -1.77. The zero-order valence-electron chi connectivity index (χ0n) is 42.5. The van der Waals surface area contributed by atoms with Crippen LogP contribution in [0.1, 0.15) is 245 Å². The topological polar surface area (TPSA) is 111 Å². The summed E-state index contributed by atoms with van der Waals surface area (Å²) in [5.41, 5.74) is 0. The summed E-state index contributed by atoms with van der Waals surface area (Å²) in [7, 11) is 1.17. The predicted octanol–water partition coefficient (Wildman–Crippen LogP) is 15.4. The fraction of sp³-hybridized carbons (Fsp3) is 0.852. The molecule has 376 valence electrons. The molecule has 0 rings (SSSR count). The molecule has 0 aromatic rings. The van der Waals surface area contributed by atoms with Gasteiger partial charge in [-0.2, -0.15) is 0 Å². The van der Waals surface area contributed by atoms with Crippen LogP contribution in [0.5, 0.6) is 0 Å². The molecule has 2 atom stereocenters. The van der Waals surface area contributed by atoms with Crippen molar-refractivity contribution in [1.29, 1.82) is 0 Å². The first kappa shape index (κ1) is 62.2. The van der Waals surface area contributed by atoms with Gasteiger partial charge >= 0.3 is 11.9 Å². The lowest BCUT2D eigenvalue weighted by atomic mass is 10.0. The van der Waals surface area contributed by atoms with Gasteiger partial charge in [-0.15, -0.1) is 0 Å². The third kappa shape index (κ3) is 49.7. The summed E-state index contributed by atoms with van der Waals surface area (Å²) < 4.78 is 34.1. The van der Waals surface area contributed by atoms with Gasteiger partial charge in [0, 0.05) is 12.8 Å². The van der Waals surface area contributed by atoms with Crippen LogP contribution >= 0.6 is 7.82 Å². The van der Waals surface area contributed by atoms with Crippen LogP contribution in [0.25, 0.3) is 0 Å². The van der Waals surface area contributed by atoms with Crippen molar-refractivity contribution < 1.29 is 42.1 Å². The summed E-state index contributed by atoms with van der Waals surface area (Å²) in [6.07, 6.45) is 54.6. The number of hydrogen-bond donors (Lipinski definition) is 0. The van der Waals surface area contributed by atoms with Crippen LogP contribution in [-0.4, -0.2) is 70.0 Å². The van der Waals surface area contributed by atoms with E-state index in [1.54, 1.807) is 0 Å². The van der Waals surface area contributed by atoms with E-state index >= 15 is 0 Å². The Bertz CT molecular complexity index is 1180. The number of nitrogens with zero attached hydrogens (tertiary/aromatic N) is 1. The number of rotatable bonds is 49. The van der Waals surface area contributed by atoms with Crippen LogP contribution in [-0.2, 0) is 32.7 Å². The van der Waals surface area contributed by atoms with E-state index in [1.807, 2.05) is 21.1 Å². The van der Waals surface area contributed by atoms with Gasteiger partial charge in [-0.05, 0) is 70.6 Å². The number of esters is 2. The van der Waals surface area contributed by atoms with Crippen molar-refractivity contribution in [2.24, 2.45) is 0 Å². The average Bonchev–Trinajstić information content (AvgIpc) is 3.25. The summed E-state index contributed by atoms with van der Waals surface area (Å²) >= 11 is 0. The number of likely N-dealkylation sites (N-methyl/N-ethyl adjacent to an activating group) is 1. The van der Waals surface area contributed by atoms with Crippen molar-refractivity contribution in [3.63, 3.8) is 0 Å². The Labute approximate surface area is 395 Å². The molecule has 0 amide bonds.